The van der Waals surface area contributed by atoms with Gasteiger partial charge in [-0.2, -0.15) is 0 Å². The van der Waals surface area contributed by atoms with E-state index in [4.69, 9.17) is 5.11 Å². The predicted octanol–water partition coefficient (Wildman–Crippen LogP) is 3.09. The maximum absolute atomic E-state index is 11.0. The Balaban J connectivity index is 2.90. The molecule has 0 amide bonds. The quantitative estimate of drug-likeness (QED) is 0.821. The van der Waals surface area contributed by atoms with Crippen molar-refractivity contribution >= 4 is 11.7 Å². The molecule has 0 atom stereocenters. The van der Waals surface area contributed by atoms with Gasteiger partial charge < -0.3 is 10.4 Å². The molecule has 0 saturated carbocycles. The molecule has 1 aromatic carbocycles. The first-order valence-corrected chi connectivity index (χ1v) is 5.44. The van der Waals surface area contributed by atoms with Gasteiger partial charge in [-0.3, -0.25) is 0 Å². The van der Waals surface area contributed by atoms with Crippen molar-refractivity contribution in [1.82, 2.24) is 0 Å². The lowest BCUT2D eigenvalue weighted by molar-refractivity contribution is -0.141. The number of carbonyl (C=O) groups is 1. The summed E-state index contributed by atoms with van der Waals surface area (Å²) in [6, 6.07) is 7.87. The zero-order valence-corrected chi connectivity index (χ0v) is 10.2. The van der Waals surface area contributed by atoms with Crippen molar-refractivity contribution < 1.29 is 9.90 Å². The van der Waals surface area contributed by atoms with Crippen LogP contribution in [0.5, 0.6) is 0 Å². The molecule has 0 aliphatic carbocycles. The average molecular weight is 221 g/mol. The van der Waals surface area contributed by atoms with Crippen LogP contribution in [0.1, 0.15) is 39.2 Å². The van der Waals surface area contributed by atoms with Crippen molar-refractivity contribution in [1.29, 1.82) is 0 Å². The van der Waals surface area contributed by atoms with Crippen molar-refractivity contribution in [2.75, 3.05) is 5.32 Å². The smallest absolute Gasteiger partial charge is 0.328 e. The standard InChI is InChI=1S/C13H19NO2/c1-9(2)10-6-5-7-11(8-10)14-13(3,4)12(15)16/h5-9,14H,1-4H3,(H,15,16). The number of benzene rings is 1. The number of carboxylic acids is 1. The largest absolute Gasteiger partial charge is 0.480 e. The van der Waals surface area contributed by atoms with Gasteiger partial charge in [-0.15, -0.1) is 0 Å². The van der Waals surface area contributed by atoms with E-state index < -0.39 is 11.5 Å². The fourth-order valence-electron chi connectivity index (χ4n) is 1.39. The van der Waals surface area contributed by atoms with Gasteiger partial charge in [0.25, 0.3) is 0 Å². The third-order valence-electron chi connectivity index (χ3n) is 2.54. The molecule has 0 aromatic heterocycles. The SMILES string of the molecule is CC(C)c1cccc(NC(C)(C)C(=O)O)c1. The highest BCUT2D eigenvalue weighted by Gasteiger charge is 2.26. The van der Waals surface area contributed by atoms with E-state index in [0.29, 0.717) is 5.92 Å². The normalized spacial score (nSPS) is 11.6. The van der Waals surface area contributed by atoms with Gasteiger partial charge in [0.05, 0.1) is 0 Å². The van der Waals surface area contributed by atoms with Crippen LogP contribution in [0.3, 0.4) is 0 Å². The summed E-state index contributed by atoms with van der Waals surface area (Å²) < 4.78 is 0. The molecule has 0 aliphatic heterocycles. The molecule has 1 aromatic rings. The summed E-state index contributed by atoms with van der Waals surface area (Å²) >= 11 is 0. The fraction of sp³-hybridized carbons (Fsp3) is 0.462. The Kier molecular flexibility index (Phi) is 3.58. The topological polar surface area (TPSA) is 49.3 Å². The van der Waals surface area contributed by atoms with E-state index in [9.17, 15) is 4.79 Å². The number of hydrogen-bond acceptors (Lipinski definition) is 2. The van der Waals surface area contributed by atoms with Crippen LogP contribution in [0, 0.1) is 0 Å². The molecule has 0 saturated heterocycles. The molecule has 0 aliphatic rings. The van der Waals surface area contributed by atoms with E-state index >= 15 is 0 Å². The zero-order valence-electron chi connectivity index (χ0n) is 10.2. The number of anilines is 1. The van der Waals surface area contributed by atoms with Crippen molar-refractivity contribution in [3.63, 3.8) is 0 Å². The Labute approximate surface area is 96.5 Å². The number of aliphatic carboxylic acids is 1. The second-order valence-corrected chi connectivity index (χ2v) is 4.84. The van der Waals surface area contributed by atoms with Crippen LogP contribution in [0.2, 0.25) is 0 Å². The maximum Gasteiger partial charge on any atom is 0.328 e. The molecular weight excluding hydrogens is 202 g/mol. The molecule has 0 fully saturated rings. The minimum Gasteiger partial charge on any atom is -0.480 e. The first-order chi connectivity index (χ1) is 7.33. The van der Waals surface area contributed by atoms with Crippen LogP contribution in [0.25, 0.3) is 0 Å². The molecule has 3 heteroatoms. The maximum atomic E-state index is 11.0. The lowest BCUT2D eigenvalue weighted by atomic mass is 10.0. The highest BCUT2D eigenvalue weighted by molar-refractivity contribution is 5.81. The van der Waals surface area contributed by atoms with Gasteiger partial charge >= 0.3 is 5.97 Å². The van der Waals surface area contributed by atoms with E-state index in [0.717, 1.165) is 5.69 Å². The number of hydrogen-bond donors (Lipinski definition) is 2. The summed E-state index contributed by atoms with van der Waals surface area (Å²) in [6.45, 7) is 7.53. The molecule has 0 unspecified atom stereocenters. The van der Waals surface area contributed by atoms with Gasteiger partial charge in [0, 0.05) is 5.69 Å². The van der Waals surface area contributed by atoms with Crippen LogP contribution in [0.15, 0.2) is 24.3 Å². The van der Waals surface area contributed by atoms with Crippen molar-refractivity contribution in [3.05, 3.63) is 29.8 Å². The van der Waals surface area contributed by atoms with Gasteiger partial charge in [-0.05, 0) is 37.5 Å². The van der Waals surface area contributed by atoms with E-state index in [1.165, 1.54) is 5.56 Å². The van der Waals surface area contributed by atoms with E-state index in [-0.39, 0.29) is 0 Å². The highest BCUT2D eigenvalue weighted by atomic mass is 16.4. The summed E-state index contributed by atoms with van der Waals surface area (Å²) in [5, 5.41) is 12.0. The van der Waals surface area contributed by atoms with Crippen LogP contribution in [-0.4, -0.2) is 16.6 Å². The molecule has 0 spiro atoms. The summed E-state index contributed by atoms with van der Waals surface area (Å²) in [4.78, 5) is 11.0. The van der Waals surface area contributed by atoms with Gasteiger partial charge in [0.1, 0.15) is 5.54 Å². The molecule has 16 heavy (non-hydrogen) atoms. The fourth-order valence-corrected chi connectivity index (χ4v) is 1.39. The van der Waals surface area contributed by atoms with E-state index in [2.05, 4.69) is 19.2 Å². The summed E-state index contributed by atoms with van der Waals surface area (Å²) in [7, 11) is 0. The molecule has 1 rings (SSSR count). The second kappa shape index (κ2) is 4.56. The Morgan fingerprint density at radius 3 is 2.50 bits per heavy atom. The van der Waals surface area contributed by atoms with Gasteiger partial charge in [-0.25, -0.2) is 4.79 Å². The number of nitrogens with one attached hydrogen (secondary N) is 1. The Morgan fingerprint density at radius 2 is 2.00 bits per heavy atom. The van der Waals surface area contributed by atoms with Crippen LogP contribution in [0.4, 0.5) is 5.69 Å². The van der Waals surface area contributed by atoms with Crippen LogP contribution >= 0.6 is 0 Å². The van der Waals surface area contributed by atoms with Crippen molar-refractivity contribution in [2.45, 2.75) is 39.2 Å². The number of carboxylic acid groups (broad SMARTS) is 1. The lowest BCUT2D eigenvalue weighted by Crippen LogP contribution is -2.39. The zero-order chi connectivity index (χ0) is 12.3. The Morgan fingerprint density at radius 1 is 1.38 bits per heavy atom. The molecule has 0 heterocycles. The second-order valence-electron chi connectivity index (χ2n) is 4.84. The van der Waals surface area contributed by atoms with Crippen molar-refractivity contribution in [2.24, 2.45) is 0 Å². The molecular formula is C13H19NO2. The van der Waals surface area contributed by atoms with Crippen molar-refractivity contribution in [3.8, 4) is 0 Å². The van der Waals surface area contributed by atoms with Gasteiger partial charge in [-0.1, -0.05) is 26.0 Å². The summed E-state index contributed by atoms with van der Waals surface area (Å²) in [5.41, 5.74) is 1.10. The Bertz CT molecular complexity index is 383. The van der Waals surface area contributed by atoms with Gasteiger partial charge in [0.15, 0.2) is 0 Å². The molecule has 0 bridgehead atoms. The highest BCUT2D eigenvalue weighted by Crippen LogP contribution is 2.21. The molecule has 3 nitrogen and oxygen atoms in total. The lowest BCUT2D eigenvalue weighted by Gasteiger charge is -2.23. The Hall–Kier alpha value is -1.51. The number of rotatable bonds is 4. The molecule has 0 radical (unpaired) electrons. The van der Waals surface area contributed by atoms with E-state index in [1.807, 2.05) is 24.3 Å². The van der Waals surface area contributed by atoms with Crippen LogP contribution < -0.4 is 5.32 Å². The van der Waals surface area contributed by atoms with Crippen LogP contribution in [-0.2, 0) is 4.79 Å². The molecule has 88 valence electrons. The van der Waals surface area contributed by atoms with Gasteiger partial charge in [0.2, 0.25) is 0 Å². The summed E-state index contributed by atoms with van der Waals surface area (Å²) in [5.74, 6) is -0.419. The monoisotopic (exact) mass is 221 g/mol. The molecule has 2 N–H and O–H groups in total. The van der Waals surface area contributed by atoms with E-state index in [1.54, 1.807) is 13.8 Å². The minimum absolute atomic E-state index is 0.440. The minimum atomic E-state index is -0.949. The third kappa shape index (κ3) is 2.99. The average Bonchev–Trinajstić information content (AvgIpc) is 2.17. The predicted molar refractivity (Wildman–Crippen MR) is 65.9 cm³/mol. The third-order valence-corrected chi connectivity index (χ3v) is 2.54. The first kappa shape index (κ1) is 12.6. The summed E-state index contributed by atoms with van der Waals surface area (Å²) in [6.07, 6.45) is 0. The first-order valence-electron chi connectivity index (χ1n) is 5.44.